The van der Waals surface area contributed by atoms with Gasteiger partial charge in [-0.15, -0.1) is 0 Å². The van der Waals surface area contributed by atoms with Gasteiger partial charge in [-0.2, -0.15) is 10.2 Å². The summed E-state index contributed by atoms with van der Waals surface area (Å²) >= 11 is 0. The Morgan fingerprint density at radius 3 is 2.82 bits per heavy atom. The largest absolute Gasteiger partial charge is 0.447 e. The molecule has 1 amide bonds. The molecule has 4 aromatic heterocycles. The van der Waals surface area contributed by atoms with Gasteiger partial charge in [0.15, 0.2) is 5.82 Å². The van der Waals surface area contributed by atoms with Crippen molar-refractivity contribution < 1.29 is 9.53 Å². The lowest BCUT2D eigenvalue weighted by atomic mass is 10.2. The fourth-order valence-electron chi connectivity index (χ4n) is 4.62. The molecule has 0 saturated heterocycles. The van der Waals surface area contributed by atoms with Gasteiger partial charge in [0.2, 0.25) is 0 Å². The van der Waals surface area contributed by atoms with E-state index in [1.807, 2.05) is 58.9 Å². The first-order valence-electron chi connectivity index (χ1n) is 12.7. The lowest BCUT2D eigenvalue weighted by molar-refractivity contribution is 0.157. The number of aromatic nitrogens is 7. The van der Waals surface area contributed by atoms with Crippen molar-refractivity contribution in [3.8, 4) is 0 Å². The van der Waals surface area contributed by atoms with E-state index >= 15 is 0 Å². The van der Waals surface area contributed by atoms with Crippen LogP contribution in [0.2, 0.25) is 0 Å². The predicted molar refractivity (Wildman–Crippen MR) is 148 cm³/mol. The molecule has 0 saturated carbocycles. The van der Waals surface area contributed by atoms with E-state index in [4.69, 9.17) is 4.74 Å². The third-order valence-corrected chi connectivity index (χ3v) is 6.49. The van der Waals surface area contributed by atoms with Crippen molar-refractivity contribution in [1.29, 1.82) is 0 Å². The molecule has 4 heterocycles. The maximum atomic E-state index is 12.5. The number of benzene rings is 2. The van der Waals surface area contributed by atoms with Crippen molar-refractivity contribution >= 4 is 39.7 Å². The topological polar surface area (TPSA) is 116 Å². The number of anilines is 3. The zero-order valence-electron chi connectivity index (χ0n) is 21.4. The van der Waals surface area contributed by atoms with Crippen LogP contribution >= 0.6 is 0 Å². The molecule has 11 heteroatoms. The number of amides is 1. The van der Waals surface area contributed by atoms with Crippen LogP contribution in [0, 0.1) is 0 Å². The number of carbonyl (C=O) groups excluding carboxylic acids is 1. The van der Waals surface area contributed by atoms with Gasteiger partial charge in [-0.1, -0.05) is 37.3 Å². The van der Waals surface area contributed by atoms with Crippen LogP contribution in [0.15, 0.2) is 86.0 Å². The van der Waals surface area contributed by atoms with E-state index in [9.17, 15) is 4.79 Å². The van der Waals surface area contributed by atoms with Crippen LogP contribution < -0.4 is 10.6 Å². The highest BCUT2D eigenvalue weighted by Gasteiger charge is 2.17. The van der Waals surface area contributed by atoms with Gasteiger partial charge < -0.3 is 14.6 Å². The molecule has 0 aliphatic carbocycles. The zero-order chi connectivity index (χ0) is 26.6. The summed E-state index contributed by atoms with van der Waals surface area (Å²) in [6.07, 6.45) is 10.4. The minimum Gasteiger partial charge on any atom is -0.447 e. The number of imidazole rings is 1. The fourth-order valence-corrected chi connectivity index (χ4v) is 4.62. The Hall–Kier alpha value is -5.19. The molecule has 39 heavy (non-hydrogen) atoms. The summed E-state index contributed by atoms with van der Waals surface area (Å²) in [6, 6.07) is 16.4. The second kappa shape index (κ2) is 10.7. The second-order valence-electron chi connectivity index (χ2n) is 9.02. The molecule has 6 aromatic rings. The Kier molecular flexibility index (Phi) is 6.60. The highest BCUT2D eigenvalue weighted by molar-refractivity contribution is 5.91. The van der Waals surface area contributed by atoms with Crippen LogP contribution in [0.5, 0.6) is 0 Å². The number of ether oxygens (including phenoxy) is 1. The summed E-state index contributed by atoms with van der Waals surface area (Å²) in [5.41, 5.74) is 5.44. The molecule has 0 radical (unpaired) electrons. The van der Waals surface area contributed by atoms with Gasteiger partial charge in [-0.05, 0) is 30.2 Å². The fraction of sp³-hybridized carbons (Fsp3) is 0.179. The summed E-state index contributed by atoms with van der Waals surface area (Å²) in [5, 5.41) is 16.2. The number of nitrogens with zero attached hydrogens (tertiary/aromatic N) is 7. The summed E-state index contributed by atoms with van der Waals surface area (Å²) in [5.74, 6) is 0.638. The number of carbonyl (C=O) groups is 1. The first-order chi connectivity index (χ1) is 19.2. The average Bonchev–Trinajstić information content (AvgIpc) is 3.69. The number of fused-ring (bicyclic) bond motifs is 2. The molecule has 196 valence electrons. The molecule has 0 unspecified atom stereocenters. The van der Waals surface area contributed by atoms with E-state index in [1.54, 1.807) is 23.2 Å². The first kappa shape index (κ1) is 24.2. The van der Waals surface area contributed by atoms with Gasteiger partial charge in [0.1, 0.15) is 18.5 Å². The van der Waals surface area contributed by atoms with E-state index in [0.29, 0.717) is 31.0 Å². The molecule has 6 rings (SSSR count). The molecule has 0 aliphatic heterocycles. The first-order valence-corrected chi connectivity index (χ1v) is 12.7. The third-order valence-electron chi connectivity index (χ3n) is 6.49. The maximum absolute atomic E-state index is 12.5. The van der Waals surface area contributed by atoms with Crippen molar-refractivity contribution in [2.24, 2.45) is 0 Å². The average molecular weight is 522 g/mol. The summed E-state index contributed by atoms with van der Waals surface area (Å²) in [6.45, 7) is 3.49. The molecule has 0 atom stereocenters. The van der Waals surface area contributed by atoms with E-state index in [0.717, 1.165) is 27.7 Å². The molecular formula is C28H27N9O2. The zero-order valence-corrected chi connectivity index (χ0v) is 21.4. The van der Waals surface area contributed by atoms with Crippen LogP contribution in [0.4, 0.5) is 22.0 Å². The number of hydrogen-bond acceptors (Lipinski definition) is 7. The SMILES string of the molecule is CCc1c(NC(=O)OCCn2ccnc2)cn2ncnc(Nc3ccc4c(cnn4Cc4ccccc4)c3)c12. The molecule has 2 N–H and O–H groups in total. The number of aryl methyl sites for hydroxylation is 1. The smallest absolute Gasteiger partial charge is 0.411 e. The van der Waals surface area contributed by atoms with Gasteiger partial charge in [-0.3, -0.25) is 10.00 Å². The number of hydrogen-bond donors (Lipinski definition) is 2. The Morgan fingerprint density at radius 1 is 1.10 bits per heavy atom. The Labute approximate surface area is 224 Å². The van der Waals surface area contributed by atoms with Gasteiger partial charge in [0.25, 0.3) is 0 Å². The lowest BCUT2D eigenvalue weighted by Crippen LogP contribution is -2.17. The van der Waals surface area contributed by atoms with E-state index in [2.05, 4.69) is 49.0 Å². The highest BCUT2D eigenvalue weighted by Crippen LogP contribution is 2.30. The second-order valence-corrected chi connectivity index (χ2v) is 9.02. The van der Waals surface area contributed by atoms with Crippen molar-refractivity contribution in [3.05, 3.63) is 97.1 Å². The molecule has 2 aromatic carbocycles. The number of nitrogens with one attached hydrogen (secondary N) is 2. The third kappa shape index (κ3) is 5.14. The van der Waals surface area contributed by atoms with Crippen LogP contribution in [0.3, 0.4) is 0 Å². The van der Waals surface area contributed by atoms with Gasteiger partial charge in [0, 0.05) is 29.0 Å². The summed E-state index contributed by atoms with van der Waals surface area (Å²) in [7, 11) is 0. The van der Waals surface area contributed by atoms with Crippen molar-refractivity contribution in [2.45, 2.75) is 26.4 Å². The predicted octanol–water partition coefficient (Wildman–Crippen LogP) is 4.88. The monoisotopic (exact) mass is 521 g/mol. The molecule has 0 fully saturated rings. The molecule has 0 bridgehead atoms. The normalized spacial score (nSPS) is 11.2. The van der Waals surface area contributed by atoms with Crippen LogP contribution in [-0.2, 0) is 24.2 Å². The quantitative estimate of drug-likeness (QED) is 0.279. The van der Waals surface area contributed by atoms with Crippen LogP contribution in [0.25, 0.3) is 16.4 Å². The van der Waals surface area contributed by atoms with Gasteiger partial charge in [0.05, 0.1) is 43.0 Å². The van der Waals surface area contributed by atoms with Crippen molar-refractivity contribution in [3.63, 3.8) is 0 Å². The van der Waals surface area contributed by atoms with Gasteiger partial charge in [-0.25, -0.2) is 19.3 Å². The van der Waals surface area contributed by atoms with E-state index < -0.39 is 6.09 Å². The minimum atomic E-state index is -0.527. The molecular weight excluding hydrogens is 494 g/mol. The van der Waals surface area contributed by atoms with Crippen LogP contribution in [0.1, 0.15) is 18.1 Å². The van der Waals surface area contributed by atoms with E-state index in [-0.39, 0.29) is 6.61 Å². The van der Waals surface area contributed by atoms with Crippen molar-refractivity contribution in [1.82, 2.24) is 33.9 Å². The molecule has 11 nitrogen and oxygen atoms in total. The minimum absolute atomic E-state index is 0.230. The Morgan fingerprint density at radius 2 is 2.00 bits per heavy atom. The van der Waals surface area contributed by atoms with Gasteiger partial charge >= 0.3 is 6.09 Å². The summed E-state index contributed by atoms with van der Waals surface area (Å²) in [4.78, 5) is 21.0. The highest BCUT2D eigenvalue weighted by atomic mass is 16.5. The summed E-state index contributed by atoms with van der Waals surface area (Å²) < 4.78 is 10.9. The molecule has 0 spiro atoms. The maximum Gasteiger partial charge on any atom is 0.411 e. The standard InChI is InChI=1S/C28H27N9O2/c1-2-23-24(34-28(38)39-13-12-35-11-10-29-19-35)17-37-26(23)27(30-18-32-37)33-22-8-9-25-21(14-22)15-31-36(25)16-20-6-4-3-5-7-20/h3-11,14-15,17-19H,2,12-13,16H2,1H3,(H,34,38)(H,30,32,33). The Bertz CT molecular complexity index is 1720. The molecule has 0 aliphatic rings. The van der Waals surface area contributed by atoms with E-state index in [1.165, 1.54) is 11.9 Å². The lowest BCUT2D eigenvalue weighted by Gasteiger charge is -2.10. The van der Waals surface area contributed by atoms with Crippen molar-refractivity contribution in [2.75, 3.05) is 17.2 Å². The van der Waals surface area contributed by atoms with Crippen LogP contribution in [-0.4, -0.2) is 46.6 Å². The Balaban J connectivity index is 1.20. The number of rotatable bonds is 9.